The second-order valence-electron chi connectivity index (χ2n) is 10.0. The summed E-state index contributed by atoms with van der Waals surface area (Å²) in [4.78, 5) is 25.4. The van der Waals surface area contributed by atoms with Crippen molar-refractivity contribution in [2.75, 3.05) is 0 Å². The maximum Gasteiger partial charge on any atom is 0.350 e. The van der Waals surface area contributed by atoms with Gasteiger partial charge in [-0.2, -0.15) is 0 Å². The zero-order valence-electron chi connectivity index (χ0n) is 18.7. The van der Waals surface area contributed by atoms with E-state index in [-0.39, 0.29) is 17.8 Å². The van der Waals surface area contributed by atoms with Crippen LogP contribution in [0.2, 0.25) is 0 Å². The molecule has 3 saturated heterocycles. The van der Waals surface area contributed by atoms with Crippen LogP contribution < -0.4 is 0 Å². The van der Waals surface area contributed by atoms with Gasteiger partial charge < -0.3 is 23.7 Å². The first kappa shape index (κ1) is 20.4. The summed E-state index contributed by atoms with van der Waals surface area (Å²) in [5.74, 6) is -1.48. The Morgan fingerprint density at radius 1 is 1.03 bits per heavy atom. The molecule has 9 unspecified atom stereocenters. The molecule has 32 heavy (non-hydrogen) atoms. The predicted molar refractivity (Wildman–Crippen MR) is 111 cm³/mol. The van der Waals surface area contributed by atoms with Crippen molar-refractivity contribution in [3.63, 3.8) is 0 Å². The predicted octanol–water partition coefficient (Wildman–Crippen LogP) is 2.97. The molecule has 7 heteroatoms. The van der Waals surface area contributed by atoms with Crippen LogP contribution in [0.15, 0.2) is 24.3 Å². The lowest BCUT2D eigenvalue weighted by molar-refractivity contribution is -0.233. The first-order valence-electron chi connectivity index (χ1n) is 11.4. The number of fused-ring (bicyclic) bond motifs is 5. The van der Waals surface area contributed by atoms with Crippen LogP contribution in [0.4, 0.5) is 0 Å². The molecular weight excluding hydrogens is 412 g/mol. The lowest BCUT2D eigenvalue weighted by Crippen LogP contribution is -2.39. The molecule has 1 aromatic rings. The molecular formula is C25H28O7. The van der Waals surface area contributed by atoms with Crippen LogP contribution in [0.1, 0.15) is 42.0 Å². The number of aryl methyl sites for hydroxylation is 3. The third kappa shape index (κ3) is 2.91. The Morgan fingerprint density at radius 2 is 1.78 bits per heavy atom. The van der Waals surface area contributed by atoms with Gasteiger partial charge in [0, 0.05) is 5.56 Å². The fourth-order valence-corrected chi connectivity index (χ4v) is 6.48. The molecule has 0 amide bonds. The summed E-state index contributed by atoms with van der Waals surface area (Å²) in [5.41, 5.74) is 4.25. The molecule has 0 spiro atoms. The smallest absolute Gasteiger partial charge is 0.350 e. The highest BCUT2D eigenvalue weighted by atomic mass is 16.9. The van der Waals surface area contributed by atoms with Crippen LogP contribution in [0.25, 0.3) is 0 Å². The number of esters is 2. The number of carbonyl (C=O) groups excluding carboxylic acids is 2. The number of hydrogen-bond donors (Lipinski definition) is 0. The Bertz CT molecular complexity index is 1010. The molecule has 4 fully saturated rings. The van der Waals surface area contributed by atoms with E-state index >= 15 is 0 Å². The van der Waals surface area contributed by atoms with E-state index in [9.17, 15) is 9.59 Å². The van der Waals surface area contributed by atoms with Gasteiger partial charge in [0.25, 0.3) is 0 Å². The summed E-state index contributed by atoms with van der Waals surface area (Å²) >= 11 is 0. The van der Waals surface area contributed by atoms with Crippen LogP contribution in [-0.4, -0.2) is 42.6 Å². The lowest BCUT2D eigenvalue weighted by Gasteiger charge is -2.29. The SMILES string of the molecule is Cc1cc(C)c(C2(C)OC3OC4C(OC(=O)C5CC6C=CC5C6)C(=O)OC4C3O2)c(C)c1. The first-order valence-corrected chi connectivity index (χ1v) is 11.4. The summed E-state index contributed by atoms with van der Waals surface area (Å²) in [6, 6.07) is 4.18. The standard InChI is InChI=1S/C25H28O7/c1-11-7-12(2)17(13(3)8-11)25(4)31-21-19-18(30-24(21)32-25)20(23(27)28-19)29-22(26)16-10-14-5-6-15(16)9-14/h5-8,14-16,18-21,24H,9-10H2,1-4H3. The van der Waals surface area contributed by atoms with Crippen molar-refractivity contribution in [1.29, 1.82) is 0 Å². The van der Waals surface area contributed by atoms with Gasteiger partial charge in [0.05, 0.1) is 5.92 Å². The van der Waals surface area contributed by atoms with E-state index in [1.807, 2.05) is 20.8 Å². The zero-order chi connectivity index (χ0) is 22.4. The normalized spacial score (nSPS) is 43.4. The Kier molecular flexibility index (Phi) is 4.39. The molecule has 1 aromatic carbocycles. The van der Waals surface area contributed by atoms with E-state index in [4.69, 9.17) is 23.7 Å². The zero-order valence-corrected chi connectivity index (χ0v) is 18.7. The van der Waals surface area contributed by atoms with Crippen molar-refractivity contribution in [3.05, 3.63) is 46.5 Å². The highest BCUT2D eigenvalue weighted by Crippen LogP contribution is 2.49. The number of benzene rings is 1. The quantitative estimate of drug-likeness (QED) is 0.528. The third-order valence-electron chi connectivity index (χ3n) is 7.65. The first-order chi connectivity index (χ1) is 15.2. The van der Waals surface area contributed by atoms with E-state index < -0.39 is 42.5 Å². The minimum Gasteiger partial charge on any atom is -0.454 e. The lowest BCUT2D eigenvalue weighted by atomic mass is 9.94. The molecule has 6 rings (SSSR count). The van der Waals surface area contributed by atoms with E-state index in [1.54, 1.807) is 0 Å². The van der Waals surface area contributed by atoms with Gasteiger partial charge in [0.1, 0.15) is 6.10 Å². The molecule has 2 aliphatic carbocycles. The van der Waals surface area contributed by atoms with Crippen LogP contribution in [0.5, 0.6) is 0 Å². The van der Waals surface area contributed by atoms with Gasteiger partial charge in [0.2, 0.25) is 6.10 Å². The van der Waals surface area contributed by atoms with Crippen LogP contribution in [-0.2, 0) is 39.1 Å². The van der Waals surface area contributed by atoms with E-state index in [0.29, 0.717) is 5.92 Å². The second-order valence-corrected chi connectivity index (χ2v) is 10.0. The molecule has 5 aliphatic rings. The summed E-state index contributed by atoms with van der Waals surface area (Å²) in [6.07, 6.45) is 2.27. The van der Waals surface area contributed by atoms with Gasteiger partial charge in [-0.05, 0) is 63.5 Å². The fraction of sp³-hybridized carbons (Fsp3) is 0.600. The van der Waals surface area contributed by atoms with Gasteiger partial charge in [0.15, 0.2) is 24.3 Å². The van der Waals surface area contributed by atoms with Crippen LogP contribution in [0, 0.1) is 38.5 Å². The summed E-state index contributed by atoms with van der Waals surface area (Å²) in [6.45, 7) is 7.98. The highest BCUT2D eigenvalue weighted by molar-refractivity contribution is 5.83. The number of hydrogen-bond acceptors (Lipinski definition) is 7. The van der Waals surface area contributed by atoms with E-state index in [1.165, 1.54) is 5.56 Å². The molecule has 9 atom stereocenters. The molecule has 1 saturated carbocycles. The van der Waals surface area contributed by atoms with E-state index in [2.05, 4.69) is 31.2 Å². The Balaban J connectivity index is 1.18. The average Bonchev–Trinajstić information content (AvgIpc) is 3.49. The van der Waals surface area contributed by atoms with Gasteiger partial charge in [-0.1, -0.05) is 29.8 Å². The topological polar surface area (TPSA) is 80.3 Å². The molecule has 2 bridgehead atoms. The minimum atomic E-state index is -1.08. The summed E-state index contributed by atoms with van der Waals surface area (Å²) < 4.78 is 29.9. The highest BCUT2D eigenvalue weighted by Gasteiger charge is 2.65. The van der Waals surface area contributed by atoms with Gasteiger partial charge >= 0.3 is 11.9 Å². The summed E-state index contributed by atoms with van der Waals surface area (Å²) in [5, 5.41) is 0. The Morgan fingerprint density at radius 3 is 2.44 bits per heavy atom. The van der Waals surface area contributed by atoms with Crippen molar-refractivity contribution in [3.8, 4) is 0 Å². The molecule has 0 N–H and O–H groups in total. The number of rotatable bonds is 3. The Labute approximate surface area is 187 Å². The average molecular weight is 440 g/mol. The molecule has 3 heterocycles. The molecule has 170 valence electrons. The van der Waals surface area contributed by atoms with Gasteiger partial charge in [-0.15, -0.1) is 0 Å². The second kappa shape index (κ2) is 6.89. The van der Waals surface area contributed by atoms with Gasteiger partial charge in [-0.25, -0.2) is 4.79 Å². The van der Waals surface area contributed by atoms with Crippen molar-refractivity contribution in [2.24, 2.45) is 17.8 Å². The number of ether oxygens (including phenoxy) is 5. The largest absolute Gasteiger partial charge is 0.454 e. The number of allylic oxidation sites excluding steroid dienone is 2. The monoisotopic (exact) mass is 440 g/mol. The van der Waals surface area contributed by atoms with Crippen molar-refractivity contribution >= 4 is 11.9 Å². The molecule has 3 aliphatic heterocycles. The maximum absolute atomic E-state index is 12.8. The van der Waals surface area contributed by atoms with Crippen molar-refractivity contribution < 1.29 is 33.3 Å². The van der Waals surface area contributed by atoms with Crippen molar-refractivity contribution in [1.82, 2.24) is 0 Å². The molecule has 0 aromatic heterocycles. The van der Waals surface area contributed by atoms with Crippen molar-refractivity contribution in [2.45, 2.75) is 77.0 Å². The summed E-state index contributed by atoms with van der Waals surface area (Å²) in [7, 11) is 0. The van der Waals surface area contributed by atoms with Gasteiger partial charge in [-0.3, -0.25) is 4.79 Å². The fourth-order valence-electron chi connectivity index (χ4n) is 6.48. The van der Waals surface area contributed by atoms with E-state index in [0.717, 1.165) is 29.5 Å². The maximum atomic E-state index is 12.8. The molecule has 7 nitrogen and oxygen atoms in total. The number of carbonyl (C=O) groups is 2. The Hall–Kier alpha value is -2.22. The minimum absolute atomic E-state index is 0.193. The van der Waals surface area contributed by atoms with Crippen LogP contribution >= 0.6 is 0 Å². The molecule has 0 radical (unpaired) electrons. The van der Waals surface area contributed by atoms with Crippen LogP contribution in [0.3, 0.4) is 0 Å². The third-order valence-corrected chi connectivity index (χ3v) is 7.65.